The molecule has 7 amide bonds. The van der Waals surface area contributed by atoms with E-state index >= 15 is 0 Å². The minimum absolute atomic E-state index is 0.00372. The molecule has 68 heavy (non-hydrogen) atoms. The van der Waals surface area contributed by atoms with Gasteiger partial charge in [-0.1, -0.05) is 73.9 Å². The van der Waals surface area contributed by atoms with Crippen LogP contribution in [0.25, 0.3) is 10.8 Å². The Hall–Kier alpha value is -7.25. The lowest BCUT2D eigenvalue weighted by Gasteiger charge is -2.33. The van der Waals surface area contributed by atoms with Crippen molar-refractivity contribution in [3.05, 3.63) is 77.9 Å². The summed E-state index contributed by atoms with van der Waals surface area (Å²) in [6, 6.07) is 14.9. The number of guanidine groups is 2. The molecule has 4 atom stereocenters. The summed E-state index contributed by atoms with van der Waals surface area (Å²) in [6.45, 7) is 3.65. The molecular formula is C48H68N12O8. The molecule has 13 N–H and O–H groups in total. The second kappa shape index (κ2) is 28.0. The Morgan fingerprint density at radius 3 is 2.12 bits per heavy atom. The van der Waals surface area contributed by atoms with Crippen LogP contribution in [0, 0.1) is 0 Å². The standard InChI is InChI=1S/C48H68N12O8/c1-31-43(65)57-38(15-12-25-53-47(49)50)45(67)58-39(29-34-17-20-35-13-7-8-14-36(35)27-34)44(66)55-30-42(64)56-40(28-33-18-21-37(62)22-19-33)46(68)60(31)26-11-4-3-9-24-54-48(51)59-41(63)16-6-5-10-23-52-32(2)61/h7-8,13-14,17-22,27,31,38-40,62H,3-6,9-12,15-16,23-26,28-30H2,1-2H3,(H,52,61)(H,55,66)(H,56,64)(H,57,65)(H,58,67)(H4,49,50,53)(H3,51,54,59,63)/t31-,38+,39+,40-/m1/s1. The number of nitrogens with one attached hydrogen (secondary N) is 6. The number of aromatic hydroxyl groups is 1. The van der Waals surface area contributed by atoms with E-state index in [9.17, 15) is 38.7 Å². The summed E-state index contributed by atoms with van der Waals surface area (Å²) in [4.78, 5) is 103. The highest BCUT2D eigenvalue weighted by Gasteiger charge is 2.35. The zero-order valence-corrected chi connectivity index (χ0v) is 39.1. The van der Waals surface area contributed by atoms with E-state index in [1.165, 1.54) is 24.0 Å². The molecule has 1 aliphatic rings. The lowest BCUT2D eigenvalue weighted by Crippen LogP contribution is -2.58. The predicted octanol–water partition coefficient (Wildman–Crippen LogP) is 0.873. The first-order valence-corrected chi connectivity index (χ1v) is 23.2. The van der Waals surface area contributed by atoms with Crippen LogP contribution < -0.4 is 49.1 Å². The van der Waals surface area contributed by atoms with E-state index < -0.39 is 60.2 Å². The molecule has 1 heterocycles. The molecular weight excluding hydrogens is 873 g/mol. The van der Waals surface area contributed by atoms with Gasteiger partial charge in [-0.25, -0.2) is 0 Å². The number of carbonyl (C=O) groups is 7. The number of amides is 7. The molecule has 368 valence electrons. The summed E-state index contributed by atoms with van der Waals surface area (Å²) in [6.07, 6.45) is 5.25. The van der Waals surface area contributed by atoms with Crippen molar-refractivity contribution in [1.29, 1.82) is 0 Å². The maximum Gasteiger partial charge on any atom is 0.246 e. The molecule has 1 saturated heterocycles. The molecule has 0 aliphatic carbocycles. The van der Waals surface area contributed by atoms with Gasteiger partial charge in [-0.2, -0.15) is 0 Å². The van der Waals surface area contributed by atoms with Crippen molar-refractivity contribution < 1.29 is 38.7 Å². The van der Waals surface area contributed by atoms with Crippen molar-refractivity contribution in [1.82, 2.24) is 36.8 Å². The van der Waals surface area contributed by atoms with Gasteiger partial charge in [-0.15, -0.1) is 0 Å². The SMILES string of the molecule is CC(=O)NCCCCCC(=O)NC(N)=NCCCCCCN1C(=O)[C@@H](Cc2ccc(O)cc2)NC(=O)CNC(=O)[C@H](Cc2ccc3ccccc3c2)NC(=O)[C@H](CCCN=C(N)N)NC(=O)[C@H]1C. The fourth-order valence-electron chi connectivity index (χ4n) is 7.63. The van der Waals surface area contributed by atoms with Crippen molar-refractivity contribution in [2.75, 3.05) is 32.7 Å². The van der Waals surface area contributed by atoms with Crippen molar-refractivity contribution in [2.45, 2.75) is 115 Å². The highest BCUT2D eigenvalue weighted by Crippen LogP contribution is 2.18. The van der Waals surface area contributed by atoms with Gasteiger partial charge in [0.1, 0.15) is 29.9 Å². The van der Waals surface area contributed by atoms with E-state index in [0.717, 1.165) is 29.2 Å². The number of fused-ring (bicyclic) bond motifs is 1. The molecule has 3 aromatic rings. The normalized spacial score (nSPS) is 18.6. The molecule has 0 saturated carbocycles. The number of phenolic OH excluding ortho intramolecular Hbond substituents is 1. The summed E-state index contributed by atoms with van der Waals surface area (Å²) in [5, 5.41) is 28.2. The van der Waals surface area contributed by atoms with Crippen LogP contribution in [-0.4, -0.2) is 120 Å². The molecule has 20 heteroatoms. The molecule has 20 nitrogen and oxygen atoms in total. The Morgan fingerprint density at radius 2 is 1.38 bits per heavy atom. The van der Waals surface area contributed by atoms with E-state index in [0.29, 0.717) is 50.8 Å². The zero-order valence-electron chi connectivity index (χ0n) is 39.1. The van der Waals surface area contributed by atoms with Gasteiger partial charge < -0.3 is 53.8 Å². The highest BCUT2D eigenvalue weighted by atomic mass is 16.3. The Kier molecular flexibility index (Phi) is 22.0. The Morgan fingerprint density at radius 1 is 0.721 bits per heavy atom. The average molecular weight is 941 g/mol. The van der Waals surface area contributed by atoms with Crippen molar-refractivity contribution in [3.63, 3.8) is 0 Å². The van der Waals surface area contributed by atoms with Crippen LogP contribution in [0.15, 0.2) is 76.7 Å². The number of nitrogens with two attached hydrogens (primary N) is 3. The van der Waals surface area contributed by atoms with Gasteiger partial charge in [-0.3, -0.25) is 48.9 Å². The van der Waals surface area contributed by atoms with Crippen LogP contribution in [0.5, 0.6) is 5.75 Å². The van der Waals surface area contributed by atoms with Crippen molar-refractivity contribution in [2.24, 2.45) is 27.2 Å². The third-order valence-corrected chi connectivity index (χ3v) is 11.3. The van der Waals surface area contributed by atoms with Gasteiger partial charge >= 0.3 is 0 Å². The summed E-state index contributed by atoms with van der Waals surface area (Å²) in [7, 11) is 0. The lowest BCUT2D eigenvalue weighted by atomic mass is 10.0. The average Bonchev–Trinajstić information content (AvgIpc) is 3.30. The first-order valence-electron chi connectivity index (χ1n) is 23.2. The van der Waals surface area contributed by atoms with E-state index in [1.807, 2.05) is 42.5 Å². The highest BCUT2D eigenvalue weighted by molar-refractivity contribution is 5.98. The number of rotatable bonds is 21. The first kappa shape index (κ1) is 53.4. The van der Waals surface area contributed by atoms with Crippen LogP contribution in [0.1, 0.15) is 89.2 Å². The Labute approximate surface area is 397 Å². The van der Waals surface area contributed by atoms with Gasteiger partial charge in [0.25, 0.3) is 0 Å². The number of hydrogen-bond acceptors (Lipinski definition) is 10. The summed E-state index contributed by atoms with van der Waals surface area (Å²) in [5.74, 6) is -3.64. The third kappa shape index (κ3) is 18.9. The fourth-order valence-corrected chi connectivity index (χ4v) is 7.63. The molecule has 3 aromatic carbocycles. The van der Waals surface area contributed by atoms with Crippen LogP contribution in [0.4, 0.5) is 0 Å². The molecule has 0 aromatic heterocycles. The molecule has 0 unspecified atom stereocenters. The first-order chi connectivity index (χ1) is 32.6. The van der Waals surface area contributed by atoms with Crippen LogP contribution >= 0.6 is 0 Å². The van der Waals surface area contributed by atoms with E-state index in [4.69, 9.17) is 17.2 Å². The van der Waals surface area contributed by atoms with Gasteiger partial charge in [0.05, 0.1) is 6.54 Å². The second-order valence-corrected chi connectivity index (χ2v) is 16.9. The van der Waals surface area contributed by atoms with Gasteiger partial charge in [0, 0.05) is 52.4 Å². The topological polar surface area (TPSA) is 318 Å². The summed E-state index contributed by atoms with van der Waals surface area (Å²) < 4.78 is 0. The lowest BCUT2D eigenvalue weighted by molar-refractivity contribution is -0.143. The quantitative estimate of drug-likeness (QED) is 0.0406. The predicted molar refractivity (Wildman–Crippen MR) is 260 cm³/mol. The number of phenols is 1. The van der Waals surface area contributed by atoms with Crippen LogP contribution in [-0.2, 0) is 46.4 Å². The molecule has 1 fully saturated rings. The number of carbonyl (C=O) groups excluding carboxylic acids is 7. The third-order valence-electron chi connectivity index (χ3n) is 11.3. The number of nitrogens with zero attached hydrogens (tertiary/aromatic N) is 3. The van der Waals surface area contributed by atoms with Crippen molar-refractivity contribution >= 4 is 64.0 Å². The van der Waals surface area contributed by atoms with Crippen LogP contribution in [0.2, 0.25) is 0 Å². The van der Waals surface area contributed by atoms with E-state index in [1.54, 1.807) is 19.1 Å². The minimum Gasteiger partial charge on any atom is -0.508 e. The maximum atomic E-state index is 14.7. The smallest absolute Gasteiger partial charge is 0.246 e. The summed E-state index contributed by atoms with van der Waals surface area (Å²) >= 11 is 0. The van der Waals surface area contributed by atoms with Gasteiger partial charge in [-0.05, 0) is 79.5 Å². The Bertz CT molecular complexity index is 2250. The molecule has 0 radical (unpaired) electrons. The van der Waals surface area contributed by atoms with Crippen LogP contribution in [0.3, 0.4) is 0 Å². The van der Waals surface area contributed by atoms with Crippen molar-refractivity contribution in [3.8, 4) is 5.75 Å². The number of hydrogen-bond donors (Lipinski definition) is 10. The monoisotopic (exact) mass is 941 g/mol. The van der Waals surface area contributed by atoms with E-state index in [-0.39, 0.29) is 74.7 Å². The largest absolute Gasteiger partial charge is 0.508 e. The molecule has 0 spiro atoms. The number of aliphatic imine (C=N–C) groups is 2. The van der Waals surface area contributed by atoms with E-state index in [2.05, 4.69) is 41.9 Å². The Balaban J connectivity index is 1.51. The van der Waals surface area contributed by atoms with Gasteiger partial charge in [0.15, 0.2) is 11.9 Å². The molecule has 0 bridgehead atoms. The van der Waals surface area contributed by atoms with Gasteiger partial charge in [0.2, 0.25) is 41.4 Å². The number of unbranched alkanes of at least 4 members (excludes halogenated alkanes) is 5. The second-order valence-electron chi connectivity index (χ2n) is 16.9. The maximum absolute atomic E-state index is 14.7. The zero-order chi connectivity index (χ0) is 49.4. The fraction of sp³-hybridized carbons (Fsp3) is 0.479. The molecule has 4 rings (SSSR count). The summed E-state index contributed by atoms with van der Waals surface area (Å²) in [5.41, 5.74) is 18.4. The number of benzene rings is 3. The molecule has 1 aliphatic heterocycles. The minimum atomic E-state index is -1.19.